The molecule has 0 bridgehead atoms. The van der Waals surface area contributed by atoms with Crippen molar-refractivity contribution in [2.45, 2.75) is 0 Å². The van der Waals surface area contributed by atoms with Crippen LogP contribution in [-0.4, -0.2) is 17.2 Å². The van der Waals surface area contributed by atoms with E-state index >= 15 is 0 Å². The summed E-state index contributed by atoms with van der Waals surface area (Å²) in [6.45, 7) is 0. The summed E-state index contributed by atoms with van der Waals surface area (Å²) in [6, 6.07) is 94.1. The molecule has 12 aromatic rings. The highest BCUT2D eigenvalue weighted by Gasteiger charge is 2.41. The lowest BCUT2D eigenvalue weighted by atomic mass is 9.96. The van der Waals surface area contributed by atoms with Crippen LogP contribution < -0.4 is 20.7 Å². The summed E-state index contributed by atoms with van der Waals surface area (Å²) in [5.74, 6) is 0. The number of para-hydroxylation sites is 2. The highest BCUT2D eigenvalue weighted by Crippen LogP contribution is 2.41. The first kappa shape index (κ1) is 36.8. The number of aromatic nitrogens is 2. The molecule has 0 N–H and O–H groups in total. The molecule has 0 radical (unpaired) electrons. The summed E-state index contributed by atoms with van der Waals surface area (Å²) in [7, 11) is -2.65. The van der Waals surface area contributed by atoms with Crippen LogP contribution in [-0.2, 0) is 0 Å². The van der Waals surface area contributed by atoms with Crippen LogP contribution >= 0.6 is 0 Å². The van der Waals surface area contributed by atoms with Crippen molar-refractivity contribution in [3.8, 4) is 33.6 Å². The van der Waals surface area contributed by atoms with Crippen molar-refractivity contribution in [2.24, 2.45) is 0 Å². The van der Waals surface area contributed by atoms with Gasteiger partial charge in [0.05, 0.1) is 22.1 Å². The summed E-state index contributed by atoms with van der Waals surface area (Å²) in [4.78, 5) is 0. The lowest BCUT2D eigenvalue weighted by Crippen LogP contribution is -2.74. The molecule has 0 saturated carbocycles. The SMILES string of the molecule is c1ccc(-c2cccc(-c3cccc4c3c3ccccc3n4-c3ccc4c(c3)c3ccccc3n4-c3ccc([Si](c4ccccc4)(c4ccccc4)c4ccccc4)cc3)c2)cc1. The molecule has 63 heavy (non-hydrogen) atoms. The lowest BCUT2D eigenvalue weighted by molar-refractivity contribution is 1.17. The third kappa shape index (κ3) is 5.93. The minimum atomic E-state index is -2.65. The van der Waals surface area contributed by atoms with Crippen LogP contribution in [0.5, 0.6) is 0 Å². The van der Waals surface area contributed by atoms with Crippen LogP contribution in [0.15, 0.2) is 255 Å². The molecular formula is C60H42N2Si. The van der Waals surface area contributed by atoms with Gasteiger partial charge in [-0.1, -0.05) is 200 Å². The Labute approximate surface area is 368 Å². The largest absolute Gasteiger partial charge is 0.309 e. The van der Waals surface area contributed by atoms with Crippen LogP contribution in [0.25, 0.3) is 77.2 Å². The summed E-state index contributed by atoms with van der Waals surface area (Å²) in [6.07, 6.45) is 0. The fraction of sp³-hybridized carbons (Fsp3) is 0. The number of hydrogen-bond donors (Lipinski definition) is 0. The van der Waals surface area contributed by atoms with Crippen molar-refractivity contribution in [3.63, 3.8) is 0 Å². The predicted molar refractivity (Wildman–Crippen MR) is 270 cm³/mol. The molecule has 2 aromatic heterocycles. The van der Waals surface area contributed by atoms with E-state index in [1.165, 1.54) is 86.6 Å². The summed E-state index contributed by atoms with van der Waals surface area (Å²) in [5.41, 5.74) is 11.9. The van der Waals surface area contributed by atoms with E-state index < -0.39 is 8.07 Å². The molecule has 0 saturated heterocycles. The summed E-state index contributed by atoms with van der Waals surface area (Å²) >= 11 is 0. The monoisotopic (exact) mass is 818 g/mol. The summed E-state index contributed by atoms with van der Waals surface area (Å²) in [5, 5.41) is 10.5. The maximum Gasteiger partial charge on any atom is 0.179 e. The van der Waals surface area contributed by atoms with Crippen molar-refractivity contribution >= 4 is 72.4 Å². The molecule has 12 rings (SSSR count). The molecule has 2 nitrogen and oxygen atoms in total. The Balaban J connectivity index is 1.02. The average molecular weight is 819 g/mol. The number of nitrogens with zero attached hydrogens (tertiary/aromatic N) is 2. The standard InChI is InChI=1S/C60H42N2Si/c1-5-19-43(20-6-1)44-21-17-22-45(41-44)52-31-18-34-59-60(52)54-30-14-16-33-57(54)62(59)47-37-40-58-55(42-47)53-29-13-15-32-56(53)61(58)46-35-38-51(39-36-46)63(48-23-7-2-8-24-48,49-25-9-3-10-26-49)50-27-11-4-12-28-50/h1-42H. The van der Waals surface area contributed by atoms with Crippen molar-refractivity contribution in [2.75, 3.05) is 0 Å². The molecule has 0 aliphatic heterocycles. The Morgan fingerprint density at radius 3 is 1.35 bits per heavy atom. The highest BCUT2D eigenvalue weighted by atomic mass is 28.3. The van der Waals surface area contributed by atoms with E-state index in [4.69, 9.17) is 0 Å². The van der Waals surface area contributed by atoms with Crippen molar-refractivity contribution < 1.29 is 0 Å². The van der Waals surface area contributed by atoms with Crippen molar-refractivity contribution in [1.82, 2.24) is 9.13 Å². The minimum absolute atomic E-state index is 1.14. The molecule has 0 atom stereocenters. The first-order valence-electron chi connectivity index (χ1n) is 21.8. The number of benzene rings is 10. The van der Waals surface area contributed by atoms with Gasteiger partial charge in [0.15, 0.2) is 8.07 Å². The first-order chi connectivity index (χ1) is 31.3. The second-order valence-electron chi connectivity index (χ2n) is 16.4. The molecule has 3 heteroatoms. The molecule has 0 fully saturated rings. The van der Waals surface area contributed by atoms with Gasteiger partial charge in [0.1, 0.15) is 0 Å². The van der Waals surface area contributed by atoms with Crippen molar-refractivity contribution in [3.05, 3.63) is 255 Å². The van der Waals surface area contributed by atoms with Gasteiger partial charge >= 0.3 is 0 Å². The number of rotatable bonds is 8. The van der Waals surface area contributed by atoms with Gasteiger partial charge in [-0.05, 0) is 97.6 Å². The van der Waals surface area contributed by atoms with Gasteiger partial charge in [-0.25, -0.2) is 0 Å². The van der Waals surface area contributed by atoms with E-state index in [1.54, 1.807) is 0 Å². The zero-order chi connectivity index (χ0) is 41.7. The molecular weight excluding hydrogens is 777 g/mol. The Morgan fingerprint density at radius 2 is 0.698 bits per heavy atom. The maximum absolute atomic E-state index is 2.65. The van der Waals surface area contributed by atoms with Gasteiger partial charge in [-0.15, -0.1) is 0 Å². The van der Waals surface area contributed by atoms with Gasteiger partial charge in [-0.2, -0.15) is 0 Å². The van der Waals surface area contributed by atoms with Gasteiger partial charge in [0.2, 0.25) is 0 Å². The minimum Gasteiger partial charge on any atom is -0.309 e. The van der Waals surface area contributed by atoms with E-state index in [-0.39, 0.29) is 0 Å². The second kappa shape index (κ2) is 15.2. The van der Waals surface area contributed by atoms with Gasteiger partial charge in [-0.3, -0.25) is 0 Å². The third-order valence-corrected chi connectivity index (χ3v) is 17.9. The smallest absolute Gasteiger partial charge is 0.179 e. The van der Waals surface area contributed by atoms with Gasteiger partial charge in [0, 0.05) is 32.9 Å². The van der Waals surface area contributed by atoms with Crippen LogP contribution in [0.4, 0.5) is 0 Å². The van der Waals surface area contributed by atoms with E-state index in [0.29, 0.717) is 0 Å². The van der Waals surface area contributed by atoms with Crippen LogP contribution in [0.2, 0.25) is 0 Å². The number of fused-ring (bicyclic) bond motifs is 6. The van der Waals surface area contributed by atoms with E-state index in [0.717, 1.165) is 11.4 Å². The normalized spacial score (nSPS) is 11.8. The van der Waals surface area contributed by atoms with E-state index in [2.05, 4.69) is 264 Å². The Hall–Kier alpha value is -7.98. The second-order valence-corrected chi connectivity index (χ2v) is 20.3. The van der Waals surface area contributed by atoms with E-state index in [1.807, 2.05) is 0 Å². The molecule has 0 amide bonds. The Bertz CT molecular complexity index is 3490. The summed E-state index contributed by atoms with van der Waals surface area (Å²) < 4.78 is 4.90. The van der Waals surface area contributed by atoms with Crippen LogP contribution in [0, 0.1) is 0 Å². The fourth-order valence-electron chi connectivity index (χ4n) is 10.3. The third-order valence-electron chi connectivity index (χ3n) is 13.1. The first-order valence-corrected chi connectivity index (χ1v) is 23.8. The molecule has 0 spiro atoms. The Kier molecular flexibility index (Phi) is 8.87. The molecule has 296 valence electrons. The van der Waals surface area contributed by atoms with E-state index in [9.17, 15) is 0 Å². The Morgan fingerprint density at radius 1 is 0.254 bits per heavy atom. The quantitative estimate of drug-likeness (QED) is 0.107. The highest BCUT2D eigenvalue weighted by molar-refractivity contribution is 7.19. The van der Waals surface area contributed by atoms with Crippen molar-refractivity contribution in [1.29, 1.82) is 0 Å². The average Bonchev–Trinajstić information content (AvgIpc) is 3.88. The van der Waals surface area contributed by atoms with Gasteiger partial charge in [0.25, 0.3) is 0 Å². The molecule has 2 heterocycles. The van der Waals surface area contributed by atoms with Gasteiger partial charge < -0.3 is 9.13 Å². The predicted octanol–water partition coefficient (Wildman–Crippen LogP) is 12.6. The topological polar surface area (TPSA) is 9.86 Å². The zero-order valence-electron chi connectivity index (χ0n) is 34.6. The maximum atomic E-state index is 2.45. The fourth-order valence-corrected chi connectivity index (χ4v) is 15.1. The zero-order valence-corrected chi connectivity index (χ0v) is 35.6. The van der Waals surface area contributed by atoms with Crippen LogP contribution in [0.3, 0.4) is 0 Å². The molecule has 0 aliphatic carbocycles. The molecule has 10 aromatic carbocycles. The number of hydrogen-bond acceptors (Lipinski definition) is 0. The lowest BCUT2D eigenvalue weighted by Gasteiger charge is -2.34. The van der Waals surface area contributed by atoms with Crippen LogP contribution in [0.1, 0.15) is 0 Å². The molecule has 0 unspecified atom stereocenters. The molecule has 0 aliphatic rings.